The molecule has 0 amide bonds. The van der Waals surface area contributed by atoms with E-state index in [4.69, 9.17) is 4.74 Å². The summed E-state index contributed by atoms with van der Waals surface area (Å²) >= 11 is 0. The Morgan fingerprint density at radius 2 is 2.07 bits per heavy atom. The Labute approximate surface area is 85.4 Å². The number of ketones is 1. The van der Waals surface area contributed by atoms with Gasteiger partial charge in [-0.2, -0.15) is 0 Å². The van der Waals surface area contributed by atoms with E-state index in [-0.39, 0.29) is 0 Å². The minimum Gasteiger partial charge on any atom is -0.377 e. The summed E-state index contributed by atoms with van der Waals surface area (Å²) in [7, 11) is 0. The molecule has 2 saturated heterocycles. The molecule has 0 bridgehead atoms. The first-order valence-corrected chi connectivity index (χ1v) is 5.70. The SMILES string of the molecule is O=C1CCN(C[C@H]2CCCCO2)CC1. The number of ether oxygens (including phenoxy) is 1. The lowest BCUT2D eigenvalue weighted by atomic mass is 10.1. The van der Waals surface area contributed by atoms with Crippen LogP contribution >= 0.6 is 0 Å². The van der Waals surface area contributed by atoms with Gasteiger partial charge in [-0.1, -0.05) is 0 Å². The van der Waals surface area contributed by atoms with Crippen LogP contribution < -0.4 is 0 Å². The number of rotatable bonds is 2. The standard InChI is InChI=1S/C11H19NO2/c13-10-4-6-12(7-5-10)9-11-3-1-2-8-14-11/h11H,1-9H2/t11-/m1/s1. The van der Waals surface area contributed by atoms with Crippen molar-refractivity contribution >= 4 is 5.78 Å². The van der Waals surface area contributed by atoms with E-state index in [1.165, 1.54) is 19.3 Å². The molecule has 0 aromatic rings. The zero-order valence-electron chi connectivity index (χ0n) is 8.71. The molecule has 0 saturated carbocycles. The molecule has 80 valence electrons. The van der Waals surface area contributed by atoms with Crippen LogP contribution in [0.1, 0.15) is 32.1 Å². The largest absolute Gasteiger partial charge is 0.377 e. The molecule has 2 aliphatic heterocycles. The normalized spacial score (nSPS) is 30.6. The van der Waals surface area contributed by atoms with E-state index in [1.807, 2.05) is 0 Å². The molecule has 2 aliphatic rings. The first kappa shape index (κ1) is 10.1. The van der Waals surface area contributed by atoms with Gasteiger partial charge in [0.05, 0.1) is 6.10 Å². The number of hydrogen-bond donors (Lipinski definition) is 0. The quantitative estimate of drug-likeness (QED) is 0.666. The molecular weight excluding hydrogens is 178 g/mol. The summed E-state index contributed by atoms with van der Waals surface area (Å²) in [6, 6.07) is 0. The Kier molecular flexibility index (Phi) is 3.54. The maximum atomic E-state index is 11.0. The van der Waals surface area contributed by atoms with Gasteiger partial charge in [-0.3, -0.25) is 9.69 Å². The van der Waals surface area contributed by atoms with Gasteiger partial charge in [-0.05, 0) is 19.3 Å². The van der Waals surface area contributed by atoms with Gasteiger partial charge in [0.2, 0.25) is 0 Å². The molecule has 3 nitrogen and oxygen atoms in total. The second-order valence-electron chi connectivity index (χ2n) is 4.33. The van der Waals surface area contributed by atoms with E-state index in [9.17, 15) is 4.79 Å². The number of piperidine rings is 1. The second-order valence-corrected chi connectivity index (χ2v) is 4.33. The number of nitrogens with zero attached hydrogens (tertiary/aromatic N) is 1. The highest BCUT2D eigenvalue weighted by Crippen LogP contribution is 2.15. The summed E-state index contributed by atoms with van der Waals surface area (Å²) in [5.74, 6) is 0.422. The molecule has 2 fully saturated rings. The van der Waals surface area contributed by atoms with Gasteiger partial charge in [0, 0.05) is 39.1 Å². The molecule has 0 aromatic heterocycles. The molecule has 0 N–H and O–H groups in total. The summed E-state index contributed by atoms with van der Waals surface area (Å²) in [6.07, 6.45) is 5.63. The zero-order chi connectivity index (χ0) is 9.80. The molecule has 0 spiro atoms. The fourth-order valence-electron chi connectivity index (χ4n) is 2.22. The van der Waals surface area contributed by atoms with Gasteiger partial charge in [0.1, 0.15) is 5.78 Å². The third kappa shape index (κ3) is 2.79. The van der Waals surface area contributed by atoms with E-state index in [1.54, 1.807) is 0 Å². The van der Waals surface area contributed by atoms with Crippen LogP contribution in [0.2, 0.25) is 0 Å². The highest BCUT2D eigenvalue weighted by atomic mass is 16.5. The lowest BCUT2D eigenvalue weighted by Gasteiger charge is -2.31. The van der Waals surface area contributed by atoms with Crippen molar-refractivity contribution in [2.45, 2.75) is 38.2 Å². The predicted octanol–water partition coefficient (Wildman–Crippen LogP) is 1.22. The third-order valence-corrected chi connectivity index (χ3v) is 3.15. The van der Waals surface area contributed by atoms with Crippen LogP contribution in [0.25, 0.3) is 0 Å². The van der Waals surface area contributed by atoms with Crippen molar-refractivity contribution in [1.29, 1.82) is 0 Å². The Morgan fingerprint density at radius 1 is 1.29 bits per heavy atom. The van der Waals surface area contributed by atoms with E-state index >= 15 is 0 Å². The number of Topliss-reactive ketones (excluding diaryl/α,β-unsaturated/α-hetero) is 1. The maximum Gasteiger partial charge on any atom is 0.135 e. The Morgan fingerprint density at radius 3 is 2.71 bits per heavy atom. The minimum atomic E-state index is 0.422. The molecule has 0 aromatic carbocycles. The third-order valence-electron chi connectivity index (χ3n) is 3.15. The molecular formula is C11H19NO2. The van der Waals surface area contributed by atoms with E-state index in [0.29, 0.717) is 11.9 Å². The van der Waals surface area contributed by atoms with Gasteiger partial charge in [0.15, 0.2) is 0 Å². The number of hydrogen-bond acceptors (Lipinski definition) is 3. The lowest BCUT2D eigenvalue weighted by Crippen LogP contribution is -2.40. The average molecular weight is 197 g/mol. The van der Waals surface area contributed by atoms with Gasteiger partial charge >= 0.3 is 0 Å². The summed E-state index contributed by atoms with van der Waals surface area (Å²) in [6.45, 7) is 3.85. The number of carbonyl (C=O) groups excluding carboxylic acids is 1. The van der Waals surface area contributed by atoms with Crippen LogP contribution in [0.15, 0.2) is 0 Å². The van der Waals surface area contributed by atoms with Crippen molar-refractivity contribution in [2.24, 2.45) is 0 Å². The van der Waals surface area contributed by atoms with E-state index < -0.39 is 0 Å². The first-order chi connectivity index (χ1) is 6.84. The van der Waals surface area contributed by atoms with Crippen molar-refractivity contribution in [3.8, 4) is 0 Å². The van der Waals surface area contributed by atoms with Crippen LogP contribution in [-0.2, 0) is 9.53 Å². The number of likely N-dealkylation sites (tertiary alicyclic amines) is 1. The summed E-state index contributed by atoms with van der Waals surface area (Å²) < 4.78 is 5.68. The lowest BCUT2D eigenvalue weighted by molar-refractivity contribution is -0.122. The summed E-state index contributed by atoms with van der Waals surface area (Å²) in [5.41, 5.74) is 0. The van der Waals surface area contributed by atoms with Crippen molar-refractivity contribution in [3.05, 3.63) is 0 Å². The topological polar surface area (TPSA) is 29.5 Å². The average Bonchev–Trinajstić information content (AvgIpc) is 2.23. The molecule has 1 atom stereocenters. The number of carbonyl (C=O) groups is 1. The minimum absolute atomic E-state index is 0.422. The van der Waals surface area contributed by atoms with Crippen LogP contribution in [0.3, 0.4) is 0 Å². The monoisotopic (exact) mass is 197 g/mol. The molecule has 0 radical (unpaired) electrons. The highest BCUT2D eigenvalue weighted by molar-refractivity contribution is 5.79. The highest BCUT2D eigenvalue weighted by Gasteiger charge is 2.21. The second kappa shape index (κ2) is 4.89. The molecule has 2 heterocycles. The first-order valence-electron chi connectivity index (χ1n) is 5.70. The fourth-order valence-corrected chi connectivity index (χ4v) is 2.22. The van der Waals surface area contributed by atoms with E-state index in [0.717, 1.165) is 39.1 Å². The Balaban J connectivity index is 1.71. The van der Waals surface area contributed by atoms with Gasteiger partial charge in [-0.15, -0.1) is 0 Å². The summed E-state index contributed by atoms with van der Waals surface area (Å²) in [5, 5.41) is 0. The van der Waals surface area contributed by atoms with Gasteiger partial charge < -0.3 is 4.74 Å². The van der Waals surface area contributed by atoms with Gasteiger partial charge in [-0.25, -0.2) is 0 Å². The van der Waals surface area contributed by atoms with Crippen LogP contribution in [0.5, 0.6) is 0 Å². The van der Waals surface area contributed by atoms with Crippen molar-refractivity contribution in [1.82, 2.24) is 4.90 Å². The summed E-state index contributed by atoms with van der Waals surface area (Å²) in [4.78, 5) is 13.4. The van der Waals surface area contributed by atoms with Gasteiger partial charge in [0.25, 0.3) is 0 Å². The fraction of sp³-hybridized carbons (Fsp3) is 0.909. The maximum absolute atomic E-state index is 11.0. The van der Waals surface area contributed by atoms with Crippen molar-refractivity contribution in [2.75, 3.05) is 26.2 Å². The van der Waals surface area contributed by atoms with Crippen molar-refractivity contribution in [3.63, 3.8) is 0 Å². The van der Waals surface area contributed by atoms with E-state index in [2.05, 4.69) is 4.90 Å². The van der Waals surface area contributed by atoms with Crippen LogP contribution in [-0.4, -0.2) is 43.0 Å². The van der Waals surface area contributed by atoms with Crippen molar-refractivity contribution < 1.29 is 9.53 Å². The Bertz CT molecular complexity index is 189. The van der Waals surface area contributed by atoms with Crippen LogP contribution in [0.4, 0.5) is 0 Å². The molecule has 14 heavy (non-hydrogen) atoms. The molecule has 2 rings (SSSR count). The Hall–Kier alpha value is -0.410. The molecule has 0 unspecified atom stereocenters. The zero-order valence-corrected chi connectivity index (χ0v) is 8.71. The predicted molar refractivity (Wildman–Crippen MR) is 54.3 cm³/mol. The smallest absolute Gasteiger partial charge is 0.135 e. The van der Waals surface area contributed by atoms with Crippen LogP contribution in [0, 0.1) is 0 Å². The molecule has 3 heteroatoms. The molecule has 0 aliphatic carbocycles.